The minimum absolute atomic E-state index is 0.683. The minimum Gasteiger partial charge on any atom is -0.497 e. The van der Waals surface area contributed by atoms with Crippen LogP contribution in [0.2, 0.25) is 0 Å². The highest BCUT2D eigenvalue weighted by Gasteiger charge is 2.16. The van der Waals surface area contributed by atoms with E-state index in [-0.39, 0.29) is 0 Å². The molecule has 3 heteroatoms. The number of hydrogen-bond donors (Lipinski definition) is 1. The van der Waals surface area contributed by atoms with Crippen LogP contribution in [-0.2, 0) is 6.54 Å². The van der Waals surface area contributed by atoms with Gasteiger partial charge in [0.15, 0.2) is 0 Å². The number of nitrogens with one attached hydrogen (secondary N) is 1. The lowest BCUT2D eigenvalue weighted by molar-refractivity contribution is 0.392. The van der Waals surface area contributed by atoms with Crippen molar-refractivity contribution in [1.82, 2.24) is 10.2 Å². The molecule has 1 aromatic carbocycles. The summed E-state index contributed by atoms with van der Waals surface area (Å²) in [5.41, 5.74) is 2.78. The van der Waals surface area contributed by atoms with Crippen molar-refractivity contribution in [3.8, 4) is 5.75 Å². The number of piperidine rings is 1. The molecule has 100 valence electrons. The van der Waals surface area contributed by atoms with Crippen molar-refractivity contribution in [3.63, 3.8) is 0 Å². The van der Waals surface area contributed by atoms with E-state index in [1.165, 1.54) is 24.0 Å². The van der Waals surface area contributed by atoms with Crippen LogP contribution < -0.4 is 10.1 Å². The lowest BCUT2D eigenvalue weighted by Gasteiger charge is -2.24. The first kappa shape index (κ1) is 13.4. The summed E-state index contributed by atoms with van der Waals surface area (Å²) in [5.74, 6) is 1.67. The molecule has 0 aromatic heterocycles. The molecule has 1 heterocycles. The van der Waals surface area contributed by atoms with E-state index in [1.807, 2.05) is 0 Å². The van der Waals surface area contributed by atoms with Crippen molar-refractivity contribution in [3.05, 3.63) is 29.3 Å². The van der Waals surface area contributed by atoms with E-state index in [1.54, 1.807) is 7.11 Å². The van der Waals surface area contributed by atoms with Gasteiger partial charge in [0, 0.05) is 6.54 Å². The lowest BCUT2D eigenvalue weighted by Crippen LogP contribution is -2.26. The maximum Gasteiger partial charge on any atom is 0.119 e. The van der Waals surface area contributed by atoms with Gasteiger partial charge in [-0.25, -0.2) is 0 Å². The van der Waals surface area contributed by atoms with Gasteiger partial charge in [-0.1, -0.05) is 6.07 Å². The summed E-state index contributed by atoms with van der Waals surface area (Å²) in [6, 6.07) is 6.69. The standard InChI is InChI=1S/C15H24N2O/c1-17(2)11-12-8-14(10-15(9-12)18-3)13-4-6-16-7-5-13/h8-10,13,16H,4-7,11H2,1-3H3. The molecule has 3 nitrogen and oxygen atoms in total. The maximum absolute atomic E-state index is 5.43. The third-order valence-corrected chi connectivity index (χ3v) is 3.53. The fourth-order valence-corrected chi connectivity index (χ4v) is 2.65. The van der Waals surface area contributed by atoms with Crippen molar-refractivity contribution < 1.29 is 4.74 Å². The molecule has 1 aliphatic rings. The Balaban J connectivity index is 2.22. The topological polar surface area (TPSA) is 24.5 Å². The second-order valence-electron chi connectivity index (χ2n) is 5.38. The van der Waals surface area contributed by atoms with Crippen LogP contribution in [0.3, 0.4) is 0 Å². The number of ether oxygens (including phenoxy) is 1. The zero-order valence-corrected chi connectivity index (χ0v) is 11.7. The molecular formula is C15H24N2O. The lowest BCUT2D eigenvalue weighted by atomic mass is 9.89. The zero-order chi connectivity index (χ0) is 13.0. The Morgan fingerprint density at radius 2 is 1.94 bits per heavy atom. The van der Waals surface area contributed by atoms with Crippen LogP contribution in [0.5, 0.6) is 5.75 Å². The molecule has 1 N–H and O–H groups in total. The highest BCUT2D eigenvalue weighted by molar-refractivity contribution is 5.36. The van der Waals surface area contributed by atoms with E-state index in [0.717, 1.165) is 25.4 Å². The normalized spacial score (nSPS) is 17.1. The zero-order valence-electron chi connectivity index (χ0n) is 11.7. The maximum atomic E-state index is 5.43. The van der Waals surface area contributed by atoms with Crippen LogP contribution in [0.4, 0.5) is 0 Å². The van der Waals surface area contributed by atoms with Crippen molar-refractivity contribution in [2.75, 3.05) is 34.3 Å². The largest absolute Gasteiger partial charge is 0.497 e. The van der Waals surface area contributed by atoms with E-state index in [9.17, 15) is 0 Å². The first-order valence-electron chi connectivity index (χ1n) is 6.72. The second-order valence-corrected chi connectivity index (χ2v) is 5.38. The Morgan fingerprint density at radius 3 is 2.56 bits per heavy atom. The monoisotopic (exact) mass is 248 g/mol. The summed E-state index contributed by atoms with van der Waals surface area (Å²) < 4.78 is 5.43. The Bertz CT molecular complexity index is 384. The van der Waals surface area contributed by atoms with Crippen LogP contribution in [-0.4, -0.2) is 39.2 Å². The van der Waals surface area contributed by atoms with Gasteiger partial charge < -0.3 is 15.0 Å². The Kier molecular flexibility index (Phi) is 4.61. The van der Waals surface area contributed by atoms with Gasteiger partial charge in [-0.15, -0.1) is 0 Å². The van der Waals surface area contributed by atoms with Crippen molar-refractivity contribution >= 4 is 0 Å². The molecule has 0 amide bonds. The molecule has 2 rings (SSSR count). The molecule has 1 aliphatic heterocycles. The summed E-state index contributed by atoms with van der Waals surface area (Å²) in [6.07, 6.45) is 2.46. The molecule has 18 heavy (non-hydrogen) atoms. The smallest absolute Gasteiger partial charge is 0.119 e. The molecule has 0 saturated carbocycles. The fourth-order valence-electron chi connectivity index (χ4n) is 2.65. The molecular weight excluding hydrogens is 224 g/mol. The molecule has 1 saturated heterocycles. The molecule has 1 aromatic rings. The van der Waals surface area contributed by atoms with Crippen molar-refractivity contribution in [1.29, 1.82) is 0 Å². The predicted octanol–water partition coefficient (Wildman–Crippen LogP) is 2.22. The van der Waals surface area contributed by atoms with Gasteiger partial charge in [0.05, 0.1) is 7.11 Å². The van der Waals surface area contributed by atoms with E-state index in [4.69, 9.17) is 4.74 Å². The van der Waals surface area contributed by atoms with Crippen LogP contribution >= 0.6 is 0 Å². The number of nitrogens with zero attached hydrogens (tertiary/aromatic N) is 1. The Labute approximate surface area is 110 Å². The highest BCUT2D eigenvalue weighted by Crippen LogP contribution is 2.29. The summed E-state index contributed by atoms with van der Waals surface area (Å²) in [4.78, 5) is 2.20. The molecule has 1 fully saturated rings. The van der Waals surface area contributed by atoms with E-state index in [0.29, 0.717) is 5.92 Å². The Hall–Kier alpha value is -1.06. The van der Waals surface area contributed by atoms with Gasteiger partial charge in [0.2, 0.25) is 0 Å². The van der Waals surface area contributed by atoms with Crippen LogP contribution in [0.1, 0.15) is 29.9 Å². The van der Waals surface area contributed by atoms with Gasteiger partial charge in [-0.2, -0.15) is 0 Å². The van der Waals surface area contributed by atoms with Gasteiger partial charge in [-0.3, -0.25) is 0 Å². The van der Waals surface area contributed by atoms with Crippen LogP contribution in [0.25, 0.3) is 0 Å². The summed E-state index contributed by atoms with van der Waals surface area (Å²) in [7, 11) is 5.95. The van der Waals surface area contributed by atoms with Crippen molar-refractivity contribution in [2.24, 2.45) is 0 Å². The first-order valence-corrected chi connectivity index (χ1v) is 6.72. The molecule has 0 atom stereocenters. The summed E-state index contributed by atoms with van der Waals surface area (Å²) in [6.45, 7) is 3.23. The van der Waals surface area contributed by atoms with Crippen LogP contribution in [0, 0.1) is 0 Å². The quantitative estimate of drug-likeness (QED) is 0.884. The number of methoxy groups -OCH3 is 1. The SMILES string of the molecule is COc1cc(CN(C)C)cc(C2CCNCC2)c1. The average molecular weight is 248 g/mol. The Morgan fingerprint density at radius 1 is 1.22 bits per heavy atom. The number of benzene rings is 1. The summed E-state index contributed by atoms with van der Waals surface area (Å²) >= 11 is 0. The van der Waals surface area contributed by atoms with Crippen molar-refractivity contribution in [2.45, 2.75) is 25.3 Å². The fraction of sp³-hybridized carbons (Fsp3) is 0.600. The third kappa shape index (κ3) is 3.47. The predicted molar refractivity (Wildman–Crippen MR) is 75.2 cm³/mol. The number of rotatable bonds is 4. The highest BCUT2D eigenvalue weighted by atomic mass is 16.5. The molecule has 0 bridgehead atoms. The average Bonchev–Trinajstić information content (AvgIpc) is 2.38. The second kappa shape index (κ2) is 6.21. The first-order chi connectivity index (χ1) is 8.69. The molecule has 0 spiro atoms. The minimum atomic E-state index is 0.683. The van der Waals surface area contributed by atoms with Crippen LogP contribution in [0.15, 0.2) is 18.2 Å². The molecule has 0 unspecified atom stereocenters. The van der Waals surface area contributed by atoms with E-state index >= 15 is 0 Å². The summed E-state index contributed by atoms with van der Waals surface area (Å²) in [5, 5.41) is 3.42. The molecule has 0 radical (unpaired) electrons. The number of hydrogen-bond acceptors (Lipinski definition) is 3. The van der Waals surface area contributed by atoms with E-state index < -0.39 is 0 Å². The van der Waals surface area contributed by atoms with Gasteiger partial charge in [0.25, 0.3) is 0 Å². The van der Waals surface area contributed by atoms with Gasteiger partial charge in [-0.05, 0) is 69.2 Å². The van der Waals surface area contributed by atoms with Gasteiger partial charge in [0.1, 0.15) is 5.75 Å². The third-order valence-electron chi connectivity index (χ3n) is 3.53. The molecule has 0 aliphatic carbocycles. The van der Waals surface area contributed by atoms with E-state index in [2.05, 4.69) is 42.5 Å². The van der Waals surface area contributed by atoms with Gasteiger partial charge >= 0.3 is 0 Å².